The number of hydrogen-bond acceptors (Lipinski definition) is 2. The van der Waals surface area contributed by atoms with Crippen LogP contribution in [0, 0.1) is 6.92 Å². The summed E-state index contributed by atoms with van der Waals surface area (Å²) < 4.78 is 5.16. The number of aliphatic imine (C=N–C) groups is 1. The number of benzene rings is 1. The topological polar surface area (TPSA) is 63.5 Å². The fourth-order valence-corrected chi connectivity index (χ4v) is 1.48. The molecular formula is C13H16IN3O. The summed E-state index contributed by atoms with van der Waals surface area (Å²) in [5.41, 5.74) is 7.88. The van der Waals surface area contributed by atoms with Crippen molar-refractivity contribution in [1.29, 1.82) is 0 Å². The Bertz CT molecular complexity index is 509. The first kappa shape index (κ1) is 14.6. The molecule has 96 valence electrons. The van der Waals surface area contributed by atoms with Crippen LogP contribution in [0.15, 0.2) is 52.1 Å². The van der Waals surface area contributed by atoms with E-state index in [1.165, 1.54) is 5.56 Å². The van der Waals surface area contributed by atoms with Crippen LogP contribution in [0.3, 0.4) is 0 Å². The predicted octanol–water partition coefficient (Wildman–Crippen LogP) is 3.13. The Labute approximate surface area is 123 Å². The number of nitrogens with one attached hydrogen (secondary N) is 1. The second kappa shape index (κ2) is 7.05. The zero-order chi connectivity index (χ0) is 12.1. The highest BCUT2D eigenvalue weighted by molar-refractivity contribution is 14.0. The molecule has 0 aliphatic rings. The van der Waals surface area contributed by atoms with Gasteiger partial charge < -0.3 is 15.5 Å². The van der Waals surface area contributed by atoms with Crippen LogP contribution in [0.25, 0.3) is 0 Å². The molecule has 1 heterocycles. The van der Waals surface area contributed by atoms with E-state index in [0.29, 0.717) is 12.5 Å². The molecule has 4 nitrogen and oxygen atoms in total. The molecule has 0 radical (unpaired) electrons. The minimum Gasteiger partial charge on any atom is -0.467 e. The van der Waals surface area contributed by atoms with Gasteiger partial charge in [-0.2, -0.15) is 0 Å². The van der Waals surface area contributed by atoms with Gasteiger partial charge in [-0.25, -0.2) is 4.99 Å². The van der Waals surface area contributed by atoms with Crippen molar-refractivity contribution in [1.82, 2.24) is 0 Å². The molecule has 0 fully saturated rings. The van der Waals surface area contributed by atoms with Gasteiger partial charge in [0.25, 0.3) is 0 Å². The molecule has 2 rings (SSSR count). The van der Waals surface area contributed by atoms with E-state index in [9.17, 15) is 0 Å². The van der Waals surface area contributed by atoms with Crippen LogP contribution in [0.5, 0.6) is 0 Å². The summed E-state index contributed by atoms with van der Waals surface area (Å²) in [4.78, 5) is 4.18. The molecule has 1 aromatic heterocycles. The van der Waals surface area contributed by atoms with Crippen molar-refractivity contribution in [3.63, 3.8) is 0 Å². The molecule has 0 spiro atoms. The summed E-state index contributed by atoms with van der Waals surface area (Å²) in [6.45, 7) is 2.47. The summed E-state index contributed by atoms with van der Waals surface area (Å²) in [6.07, 6.45) is 1.62. The number of rotatable bonds is 3. The Morgan fingerprint density at radius 3 is 2.83 bits per heavy atom. The first-order valence-corrected chi connectivity index (χ1v) is 5.40. The van der Waals surface area contributed by atoms with Crippen molar-refractivity contribution in [2.24, 2.45) is 10.7 Å². The molecule has 1 aromatic carbocycles. The third kappa shape index (κ3) is 4.40. The molecule has 2 aromatic rings. The SMILES string of the molecule is Cc1cccc(NC(N)=NCc2ccco2)c1.I. The molecule has 5 heteroatoms. The van der Waals surface area contributed by atoms with Crippen LogP contribution >= 0.6 is 24.0 Å². The van der Waals surface area contributed by atoms with Crippen molar-refractivity contribution in [3.05, 3.63) is 54.0 Å². The van der Waals surface area contributed by atoms with E-state index in [1.54, 1.807) is 6.26 Å². The van der Waals surface area contributed by atoms with Gasteiger partial charge in [-0.05, 0) is 36.8 Å². The van der Waals surface area contributed by atoms with E-state index in [1.807, 2.05) is 43.3 Å². The second-order valence-corrected chi connectivity index (χ2v) is 3.78. The van der Waals surface area contributed by atoms with Crippen LogP contribution in [0.2, 0.25) is 0 Å². The second-order valence-electron chi connectivity index (χ2n) is 3.78. The monoisotopic (exact) mass is 357 g/mol. The molecule has 0 saturated carbocycles. The number of hydrogen-bond donors (Lipinski definition) is 2. The minimum atomic E-state index is 0. The summed E-state index contributed by atoms with van der Waals surface area (Å²) in [5, 5.41) is 3.03. The first-order valence-electron chi connectivity index (χ1n) is 5.40. The van der Waals surface area contributed by atoms with Gasteiger partial charge in [-0.1, -0.05) is 12.1 Å². The normalized spacial score (nSPS) is 10.8. The largest absolute Gasteiger partial charge is 0.467 e. The highest BCUT2D eigenvalue weighted by atomic mass is 127. The van der Waals surface area contributed by atoms with E-state index in [0.717, 1.165) is 11.4 Å². The van der Waals surface area contributed by atoms with Crippen LogP contribution in [0.4, 0.5) is 5.69 Å². The maximum absolute atomic E-state index is 5.77. The number of nitrogens with two attached hydrogens (primary N) is 1. The average molecular weight is 357 g/mol. The van der Waals surface area contributed by atoms with Gasteiger partial charge in [0.2, 0.25) is 0 Å². The minimum absolute atomic E-state index is 0. The van der Waals surface area contributed by atoms with Crippen LogP contribution in [-0.2, 0) is 6.54 Å². The lowest BCUT2D eigenvalue weighted by atomic mass is 10.2. The third-order valence-electron chi connectivity index (χ3n) is 2.28. The number of anilines is 1. The lowest BCUT2D eigenvalue weighted by Crippen LogP contribution is -2.22. The Kier molecular flexibility index (Phi) is 5.70. The fraction of sp³-hybridized carbons (Fsp3) is 0.154. The van der Waals surface area contributed by atoms with E-state index in [-0.39, 0.29) is 24.0 Å². The van der Waals surface area contributed by atoms with Crippen molar-refractivity contribution < 1.29 is 4.42 Å². The molecule has 3 N–H and O–H groups in total. The Morgan fingerprint density at radius 1 is 1.33 bits per heavy atom. The lowest BCUT2D eigenvalue weighted by Gasteiger charge is -2.05. The smallest absolute Gasteiger partial charge is 0.193 e. The summed E-state index contributed by atoms with van der Waals surface area (Å²) in [6, 6.07) is 11.6. The standard InChI is InChI=1S/C13H15N3O.HI/c1-10-4-2-5-11(8-10)16-13(14)15-9-12-6-3-7-17-12;/h2-8H,9H2,1H3,(H3,14,15,16);1H. The lowest BCUT2D eigenvalue weighted by molar-refractivity contribution is 0.513. The fourth-order valence-electron chi connectivity index (χ4n) is 1.48. The molecule has 18 heavy (non-hydrogen) atoms. The van der Waals surface area contributed by atoms with Crippen LogP contribution in [-0.4, -0.2) is 5.96 Å². The summed E-state index contributed by atoms with van der Waals surface area (Å²) in [7, 11) is 0. The number of nitrogens with zero attached hydrogens (tertiary/aromatic N) is 1. The quantitative estimate of drug-likeness (QED) is 0.504. The molecule has 0 atom stereocenters. The molecule has 0 saturated heterocycles. The molecule has 0 aliphatic carbocycles. The Morgan fingerprint density at radius 2 is 2.17 bits per heavy atom. The van der Waals surface area contributed by atoms with Gasteiger partial charge in [0, 0.05) is 5.69 Å². The zero-order valence-corrected chi connectivity index (χ0v) is 12.4. The van der Waals surface area contributed by atoms with Gasteiger partial charge in [0.05, 0.1) is 6.26 Å². The maximum atomic E-state index is 5.77. The first-order chi connectivity index (χ1) is 8.24. The number of halogens is 1. The molecule has 0 bridgehead atoms. The number of guanidine groups is 1. The third-order valence-corrected chi connectivity index (χ3v) is 2.28. The number of aryl methyl sites for hydroxylation is 1. The average Bonchev–Trinajstić information content (AvgIpc) is 2.79. The zero-order valence-electron chi connectivity index (χ0n) is 10.1. The summed E-state index contributed by atoms with van der Waals surface area (Å²) >= 11 is 0. The Balaban J connectivity index is 0.00000162. The van der Waals surface area contributed by atoms with E-state index >= 15 is 0 Å². The highest BCUT2D eigenvalue weighted by Gasteiger charge is 1.97. The molecular weight excluding hydrogens is 341 g/mol. The van der Waals surface area contributed by atoms with E-state index in [4.69, 9.17) is 10.2 Å². The van der Waals surface area contributed by atoms with Crippen LogP contribution in [0.1, 0.15) is 11.3 Å². The molecule has 0 unspecified atom stereocenters. The van der Waals surface area contributed by atoms with Gasteiger partial charge in [-0.15, -0.1) is 24.0 Å². The van der Waals surface area contributed by atoms with E-state index in [2.05, 4.69) is 10.3 Å². The maximum Gasteiger partial charge on any atom is 0.193 e. The van der Waals surface area contributed by atoms with Crippen LogP contribution < -0.4 is 11.1 Å². The number of furan rings is 1. The van der Waals surface area contributed by atoms with Crippen molar-refractivity contribution in [2.75, 3.05) is 5.32 Å². The summed E-state index contributed by atoms with van der Waals surface area (Å²) in [5.74, 6) is 1.17. The van der Waals surface area contributed by atoms with Gasteiger partial charge in [0.1, 0.15) is 12.3 Å². The van der Waals surface area contributed by atoms with Gasteiger partial charge in [0.15, 0.2) is 5.96 Å². The Hall–Kier alpha value is -1.50. The van der Waals surface area contributed by atoms with Crippen molar-refractivity contribution in [2.45, 2.75) is 13.5 Å². The van der Waals surface area contributed by atoms with Crippen molar-refractivity contribution >= 4 is 35.6 Å². The van der Waals surface area contributed by atoms with E-state index < -0.39 is 0 Å². The van der Waals surface area contributed by atoms with Gasteiger partial charge in [-0.3, -0.25) is 0 Å². The predicted molar refractivity (Wildman–Crippen MR) is 84.3 cm³/mol. The molecule has 0 aliphatic heterocycles. The van der Waals surface area contributed by atoms with Crippen molar-refractivity contribution in [3.8, 4) is 0 Å². The highest BCUT2D eigenvalue weighted by Crippen LogP contribution is 2.09. The molecule has 0 amide bonds. The van der Waals surface area contributed by atoms with Gasteiger partial charge >= 0.3 is 0 Å².